The fourth-order valence-corrected chi connectivity index (χ4v) is 5.47. The van der Waals surface area contributed by atoms with Crippen LogP contribution in [0.1, 0.15) is 24.5 Å². The average molecular weight is 482 g/mol. The van der Waals surface area contributed by atoms with E-state index in [1.807, 2.05) is 18.2 Å². The van der Waals surface area contributed by atoms with Gasteiger partial charge in [0, 0.05) is 23.5 Å². The predicted octanol–water partition coefficient (Wildman–Crippen LogP) is 4.70. The Morgan fingerprint density at radius 1 is 1.42 bits per heavy atom. The van der Waals surface area contributed by atoms with E-state index in [-0.39, 0.29) is 6.04 Å². The second kappa shape index (κ2) is 7.23. The van der Waals surface area contributed by atoms with E-state index in [4.69, 9.17) is 4.74 Å². The number of nitrogens with zero attached hydrogens (tertiary/aromatic N) is 2. The van der Waals surface area contributed by atoms with Crippen molar-refractivity contribution >= 4 is 42.8 Å². The molecule has 0 aliphatic carbocycles. The lowest BCUT2D eigenvalue weighted by Gasteiger charge is -2.50. The third-order valence-electron chi connectivity index (χ3n) is 5.94. The van der Waals surface area contributed by atoms with Crippen molar-refractivity contribution in [3.05, 3.63) is 45.5 Å². The Morgan fingerprint density at radius 2 is 2.23 bits per heavy atom. The molecule has 1 aromatic carbocycles. The normalized spacial score (nSPS) is 28.9. The molecule has 3 aliphatic rings. The molecule has 6 heteroatoms. The monoisotopic (exact) mass is 480 g/mol. The van der Waals surface area contributed by atoms with E-state index in [1.165, 1.54) is 6.42 Å². The summed E-state index contributed by atoms with van der Waals surface area (Å²) in [6, 6.07) is 5.90. The van der Waals surface area contributed by atoms with Gasteiger partial charge in [0.2, 0.25) is 0 Å². The second-order valence-electron chi connectivity index (χ2n) is 7.20. The topological polar surface area (TPSA) is 45.6 Å². The summed E-state index contributed by atoms with van der Waals surface area (Å²) >= 11 is 7.18. The number of aromatic nitrogens is 1. The number of aliphatic hydroxyl groups is 1. The highest BCUT2D eigenvalue weighted by Crippen LogP contribution is 2.45. The summed E-state index contributed by atoms with van der Waals surface area (Å²) < 4.78 is 6.92. The summed E-state index contributed by atoms with van der Waals surface area (Å²) in [6.45, 7) is 6.02. The maximum absolute atomic E-state index is 11.4. The molecule has 5 rings (SSSR count). The number of ether oxygens (including phenoxy) is 1. The van der Waals surface area contributed by atoms with Gasteiger partial charge in [0.05, 0.1) is 23.2 Å². The van der Waals surface area contributed by atoms with Gasteiger partial charge >= 0.3 is 0 Å². The number of rotatable bonds is 4. The number of hydrogen-bond acceptors (Lipinski definition) is 4. The van der Waals surface area contributed by atoms with Crippen LogP contribution in [0, 0.1) is 11.8 Å². The van der Waals surface area contributed by atoms with Gasteiger partial charge < -0.3 is 9.84 Å². The molecule has 3 saturated heterocycles. The van der Waals surface area contributed by atoms with Gasteiger partial charge in [0.15, 0.2) is 0 Å². The number of piperidine rings is 3. The summed E-state index contributed by atoms with van der Waals surface area (Å²) in [5.74, 6) is 1.91. The highest BCUT2D eigenvalue weighted by molar-refractivity contribution is 9.13. The molecule has 138 valence electrons. The maximum Gasteiger partial charge on any atom is 0.121 e. The predicted molar refractivity (Wildman–Crippen MR) is 110 cm³/mol. The van der Waals surface area contributed by atoms with Gasteiger partial charge in [0.25, 0.3) is 0 Å². The van der Waals surface area contributed by atoms with E-state index < -0.39 is 6.10 Å². The zero-order chi connectivity index (χ0) is 18.4. The molecule has 0 saturated carbocycles. The lowest BCUT2D eigenvalue weighted by Crippen LogP contribution is -2.54. The number of benzene rings is 1. The Hall–Kier alpha value is -0.950. The van der Waals surface area contributed by atoms with Gasteiger partial charge in [-0.3, -0.25) is 4.90 Å². The summed E-state index contributed by atoms with van der Waals surface area (Å²) in [5, 5.41) is 12.3. The first kappa shape index (κ1) is 18.4. The second-order valence-corrected chi connectivity index (χ2v) is 8.75. The lowest BCUT2D eigenvalue weighted by molar-refractivity contribution is -0.0447. The SMILES string of the molecule is C=C[C@H]1CN2CCC1C[C@H]2[C@H](O)c1c(Br)c(Br)nc2ccc(OC)cc12. The van der Waals surface area contributed by atoms with E-state index in [2.05, 4.69) is 54.4 Å². The van der Waals surface area contributed by atoms with E-state index in [0.717, 1.165) is 46.2 Å². The number of hydrogen-bond donors (Lipinski definition) is 1. The highest BCUT2D eigenvalue weighted by Gasteiger charge is 2.42. The molecule has 5 atom stereocenters. The average Bonchev–Trinajstić information content (AvgIpc) is 2.68. The summed E-state index contributed by atoms with van der Waals surface area (Å²) in [6.07, 6.45) is 3.68. The van der Waals surface area contributed by atoms with Gasteiger partial charge in [-0.25, -0.2) is 4.98 Å². The molecule has 3 aliphatic heterocycles. The van der Waals surface area contributed by atoms with Crippen LogP contribution in [0.25, 0.3) is 10.9 Å². The van der Waals surface area contributed by atoms with Crippen LogP contribution in [-0.4, -0.2) is 41.2 Å². The molecule has 4 nitrogen and oxygen atoms in total. The molecule has 0 spiro atoms. The van der Waals surface area contributed by atoms with Crippen LogP contribution in [0.2, 0.25) is 0 Å². The molecule has 3 fully saturated rings. The largest absolute Gasteiger partial charge is 0.497 e. The zero-order valence-corrected chi connectivity index (χ0v) is 17.8. The van der Waals surface area contributed by atoms with Crippen molar-refractivity contribution in [2.45, 2.75) is 25.0 Å². The molecular weight excluding hydrogens is 460 g/mol. The fraction of sp³-hybridized carbons (Fsp3) is 0.450. The van der Waals surface area contributed by atoms with E-state index in [9.17, 15) is 5.11 Å². The van der Waals surface area contributed by atoms with Crippen molar-refractivity contribution < 1.29 is 9.84 Å². The van der Waals surface area contributed by atoms with Crippen molar-refractivity contribution in [2.24, 2.45) is 11.8 Å². The molecule has 4 heterocycles. The molecule has 26 heavy (non-hydrogen) atoms. The van der Waals surface area contributed by atoms with Crippen molar-refractivity contribution in [3.8, 4) is 5.75 Å². The Morgan fingerprint density at radius 3 is 2.88 bits per heavy atom. The minimum absolute atomic E-state index is 0.116. The minimum atomic E-state index is -0.591. The van der Waals surface area contributed by atoms with Gasteiger partial charge in [0.1, 0.15) is 10.4 Å². The molecule has 2 unspecified atom stereocenters. The summed E-state index contributed by atoms with van der Waals surface area (Å²) in [5.41, 5.74) is 1.73. The van der Waals surface area contributed by atoms with Crippen molar-refractivity contribution in [2.75, 3.05) is 20.2 Å². The standard InChI is InChI=1S/C20H22Br2N2O2/c1-3-11-10-24-7-6-12(11)8-16(24)19(25)17-14-9-13(26-2)4-5-15(14)23-20(22)18(17)21/h3-5,9,11-12,16,19,25H,1,6-8,10H2,2H3/t11-,12?,16-,19-/m0/s1. The Labute approximate surface area is 170 Å². The highest BCUT2D eigenvalue weighted by atomic mass is 79.9. The Bertz CT molecular complexity index is 857. The van der Waals surface area contributed by atoms with Crippen molar-refractivity contribution in [1.82, 2.24) is 9.88 Å². The first-order chi connectivity index (χ1) is 12.5. The van der Waals surface area contributed by atoms with Crippen LogP contribution in [0.15, 0.2) is 39.9 Å². The summed E-state index contributed by atoms with van der Waals surface area (Å²) in [4.78, 5) is 7.01. The van der Waals surface area contributed by atoms with E-state index in [1.54, 1.807) is 7.11 Å². The Balaban J connectivity index is 1.78. The maximum atomic E-state index is 11.4. The smallest absolute Gasteiger partial charge is 0.121 e. The van der Waals surface area contributed by atoms with Crippen LogP contribution in [-0.2, 0) is 0 Å². The Kier molecular flexibility index (Phi) is 5.12. The van der Waals surface area contributed by atoms with Crippen LogP contribution >= 0.6 is 31.9 Å². The fourth-order valence-electron chi connectivity index (χ4n) is 4.53. The van der Waals surface area contributed by atoms with Gasteiger partial charge in [-0.2, -0.15) is 0 Å². The number of aliphatic hydroxyl groups excluding tert-OH is 1. The molecule has 1 aromatic heterocycles. The lowest BCUT2D eigenvalue weighted by atomic mass is 9.73. The van der Waals surface area contributed by atoms with E-state index >= 15 is 0 Å². The van der Waals surface area contributed by atoms with E-state index in [0.29, 0.717) is 16.4 Å². The first-order valence-electron chi connectivity index (χ1n) is 8.90. The minimum Gasteiger partial charge on any atom is -0.497 e. The molecular formula is C20H22Br2N2O2. The van der Waals surface area contributed by atoms with Crippen LogP contribution in [0.3, 0.4) is 0 Å². The molecule has 1 N–H and O–H groups in total. The van der Waals surface area contributed by atoms with Crippen molar-refractivity contribution in [1.29, 1.82) is 0 Å². The molecule has 0 radical (unpaired) electrons. The molecule has 2 bridgehead atoms. The van der Waals surface area contributed by atoms with Crippen molar-refractivity contribution in [3.63, 3.8) is 0 Å². The number of methoxy groups -OCH3 is 1. The van der Waals surface area contributed by atoms with Gasteiger partial charge in [-0.1, -0.05) is 6.08 Å². The summed E-state index contributed by atoms with van der Waals surface area (Å²) in [7, 11) is 1.65. The first-order valence-corrected chi connectivity index (χ1v) is 10.5. The van der Waals surface area contributed by atoms with Crippen LogP contribution < -0.4 is 4.74 Å². The van der Waals surface area contributed by atoms with Crippen LogP contribution in [0.5, 0.6) is 5.75 Å². The zero-order valence-electron chi connectivity index (χ0n) is 14.7. The quantitative estimate of drug-likeness (QED) is 0.507. The number of pyridine rings is 1. The molecule has 2 aromatic rings. The van der Waals surface area contributed by atoms with Gasteiger partial charge in [-0.05, 0) is 81.3 Å². The van der Waals surface area contributed by atoms with Crippen LogP contribution in [0.4, 0.5) is 0 Å². The number of halogens is 2. The third-order valence-corrected chi connectivity index (χ3v) is 7.85. The number of fused-ring (bicyclic) bond motifs is 4. The molecule has 0 amide bonds. The third kappa shape index (κ3) is 3.01. The van der Waals surface area contributed by atoms with Gasteiger partial charge in [-0.15, -0.1) is 6.58 Å².